The minimum Gasteiger partial charge on any atom is -0.454 e. The minimum atomic E-state index is -3.59. The molecule has 0 saturated carbocycles. The van der Waals surface area contributed by atoms with Gasteiger partial charge in [0.2, 0.25) is 10.0 Å². The van der Waals surface area contributed by atoms with Crippen molar-refractivity contribution in [3.63, 3.8) is 0 Å². The molecule has 2 N–H and O–H groups in total. The molecule has 5 rings (SSSR count). The van der Waals surface area contributed by atoms with Gasteiger partial charge in [0.15, 0.2) is 11.6 Å². The number of sulfonamides is 1. The number of benzene rings is 2. The fourth-order valence-electron chi connectivity index (χ4n) is 4.76. The van der Waals surface area contributed by atoms with Crippen LogP contribution in [0.5, 0.6) is 11.5 Å². The Balaban J connectivity index is 1.63. The van der Waals surface area contributed by atoms with E-state index in [4.69, 9.17) is 4.74 Å². The molecule has 3 heterocycles. The maximum Gasteiger partial charge on any atom is 0.259 e. The van der Waals surface area contributed by atoms with Crippen molar-refractivity contribution in [2.45, 2.75) is 13.5 Å². The van der Waals surface area contributed by atoms with E-state index < -0.39 is 21.7 Å². The summed E-state index contributed by atoms with van der Waals surface area (Å²) in [6.45, 7) is 5.86. The van der Waals surface area contributed by atoms with Crippen molar-refractivity contribution in [2.75, 3.05) is 43.7 Å². The van der Waals surface area contributed by atoms with Gasteiger partial charge in [-0.25, -0.2) is 17.2 Å². The molecule has 0 unspecified atom stereocenters. The summed E-state index contributed by atoms with van der Waals surface area (Å²) in [6, 6.07) is 9.41. The van der Waals surface area contributed by atoms with Crippen LogP contribution >= 0.6 is 0 Å². The summed E-state index contributed by atoms with van der Waals surface area (Å²) in [5, 5.41) is 0.461. The van der Waals surface area contributed by atoms with Gasteiger partial charge in [-0.05, 0) is 50.4 Å². The maximum atomic E-state index is 14.5. The van der Waals surface area contributed by atoms with Gasteiger partial charge in [-0.3, -0.25) is 14.4 Å². The number of aromatic amines is 1. The molecule has 40 heavy (non-hydrogen) atoms. The SMILES string of the molecule is CCS(=O)(=O)Nc1ccc(Oc2ccc(F)cc2F)c(-c2cn(C)c(=O)c3cc(CN4CCN(C)CC4)[nH]c23)c1. The van der Waals surface area contributed by atoms with Crippen LogP contribution in [0.2, 0.25) is 0 Å². The quantitative estimate of drug-likeness (QED) is 0.330. The molecule has 9 nitrogen and oxygen atoms in total. The lowest BCUT2D eigenvalue weighted by molar-refractivity contribution is 0.147. The van der Waals surface area contributed by atoms with Crippen LogP contribution in [0, 0.1) is 11.6 Å². The van der Waals surface area contributed by atoms with Crippen LogP contribution in [0.15, 0.2) is 53.5 Å². The molecule has 1 aliphatic rings. The molecular weight excluding hydrogens is 540 g/mol. The van der Waals surface area contributed by atoms with Crippen LogP contribution in [-0.2, 0) is 23.6 Å². The van der Waals surface area contributed by atoms with Gasteiger partial charge in [-0.1, -0.05) is 0 Å². The Morgan fingerprint density at radius 3 is 2.40 bits per heavy atom. The number of ether oxygens (including phenoxy) is 1. The van der Waals surface area contributed by atoms with Crippen molar-refractivity contribution in [3.8, 4) is 22.6 Å². The Morgan fingerprint density at radius 1 is 0.975 bits per heavy atom. The lowest BCUT2D eigenvalue weighted by Gasteiger charge is -2.31. The van der Waals surface area contributed by atoms with E-state index in [1.807, 2.05) is 6.07 Å². The molecule has 2 aromatic heterocycles. The van der Waals surface area contributed by atoms with Crippen molar-refractivity contribution in [2.24, 2.45) is 7.05 Å². The number of nitrogens with one attached hydrogen (secondary N) is 2. The lowest BCUT2D eigenvalue weighted by atomic mass is 10.0. The Bertz CT molecular complexity index is 1730. The third-order valence-corrected chi connectivity index (χ3v) is 8.35. The van der Waals surface area contributed by atoms with Crippen LogP contribution in [0.3, 0.4) is 0 Å². The average molecular weight is 572 g/mol. The van der Waals surface area contributed by atoms with Crippen LogP contribution in [0.4, 0.5) is 14.5 Å². The van der Waals surface area contributed by atoms with Gasteiger partial charge in [0.1, 0.15) is 11.6 Å². The first kappa shape index (κ1) is 27.8. The number of fused-ring (bicyclic) bond motifs is 1. The number of anilines is 1. The molecule has 0 amide bonds. The van der Waals surface area contributed by atoms with Gasteiger partial charge >= 0.3 is 0 Å². The predicted octanol–water partition coefficient (Wildman–Crippen LogP) is 4.11. The van der Waals surface area contributed by atoms with Gasteiger partial charge in [0, 0.05) is 74.5 Å². The number of piperazine rings is 1. The maximum absolute atomic E-state index is 14.5. The number of pyridine rings is 1. The fourth-order valence-corrected chi connectivity index (χ4v) is 5.39. The van der Waals surface area contributed by atoms with E-state index in [9.17, 15) is 22.0 Å². The van der Waals surface area contributed by atoms with Crippen molar-refractivity contribution < 1.29 is 21.9 Å². The lowest BCUT2D eigenvalue weighted by Crippen LogP contribution is -2.43. The summed E-state index contributed by atoms with van der Waals surface area (Å²) in [7, 11) is 0.120. The number of hydrogen-bond acceptors (Lipinski definition) is 6. The second-order valence-electron chi connectivity index (χ2n) is 10.0. The van der Waals surface area contributed by atoms with Gasteiger partial charge in [-0.2, -0.15) is 0 Å². The average Bonchev–Trinajstić information content (AvgIpc) is 3.34. The molecule has 0 bridgehead atoms. The van der Waals surface area contributed by atoms with E-state index in [1.54, 1.807) is 19.3 Å². The monoisotopic (exact) mass is 571 g/mol. The molecule has 0 aliphatic carbocycles. The topological polar surface area (TPSA) is 99.7 Å². The second kappa shape index (κ2) is 11.0. The summed E-state index contributed by atoms with van der Waals surface area (Å²) >= 11 is 0. The van der Waals surface area contributed by atoms with E-state index in [-0.39, 0.29) is 28.5 Å². The highest BCUT2D eigenvalue weighted by molar-refractivity contribution is 7.92. The summed E-state index contributed by atoms with van der Waals surface area (Å²) in [6.07, 6.45) is 1.63. The number of rotatable bonds is 8. The second-order valence-corrected chi connectivity index (χ2v) is 12.0. The zero-order valence-corrected chi connectivity index (χ0v) is 23.3. The highest BCUT2D eigenvalue weighted by Gasteiger charge is 2.21. The molecule has 2 aromatic carbocycles. The number of hydrogen-bond donors (Lipinski definition) is 2. The Morgan fingerprint density at radius 2 is 1.70 bits per heavy atom. The molecule has 4 aromatic rings. The number of H-pyrrole nitrogens is 1. The highest BCUT2D eigenvalue weighted by atomic mass is 32.2. The summed E-state index contributed by atoms with van der Waals surface area (Å²) in [4.78, 5) is 21.1. The van der Waals surface area contributed by atoms with Crippen LogP contribution < -0.4 is 15.0 Å². The Hall–Kier alpha value is -3.74. The third kappa shape index (κ3) is 5.88. The van der Waals surface area contributed by atoms with Crippen molar-refractivity contribution >= 4 is 26.6 Å². The molecule has 0 atom stereocenters. The van der Waals surface area contributed by atoms with E-state index in [0.717, 1.165) is 44.0 Å². The minimum absolute atomic E-state index is 0.127. The molecule has 0 spiro atoms. The number of halogens is 2. The Kier molecular flexibility index (Phi) is 7.67. The van der Waals surface area contributed by atoms with Gasteiger partial charge < -0.3 is 19.2 Å². The number of aromatic nitrogens is 2. The molecule has 0 radical (unpaired) electrons. The fraction of sp³-hybridized carbons (Fsp3) is 0.321. The Labute approximate surface area is 231 Å². The normalized spacial score (nSPS) is 15.0. The zero-order valence-electron chi connectivity index (χ0n) is 22.5. The van der Waals surface area contributed by atoms with Crippen LogP contribution in [0.1, 0.15) is 12.6 Å². The van der Waals surface area contributed by atoms with Crippen molar-refractivity contribution in [3.05, 3.63) is 76.3 Å². The smallest absolute Gasteiger partial charge is 0.259 e. The largest absolute Gasteiger partial charge is 0.454 e. The van der Waals surface area contributed by atoms with E-state index in [2.05, 4.69) is 26.6 Å². The van der Waals surface area contributed by atoms with Crippen molar-refractivity contribution in [1.29, 1.82) is 0 Å². The third-order valence-electron chi connectivity index (χ3n) is 7.04. The highest BCUT2D eigenvalue weighted by Crippen LogP contribution is 2.39. The van der Waals surface area contributed by atoms with Gasteiger partial charge in [0.25, 0.3) is 5.56 Å². The zero-order chi connectivity index (χ0) is 28.6. The molecule has 212 valence electrons. The predicted molar refractivity (Wildman–Crippen MR) is 151 cm³/mol. The standard InChI is InChI=1S/C28H31F2N5O4S/c1-4-40(37,38)32-19-6-8-25(39-26-7-5-18(29)13-24(26)30)21(14-19)23-17-34(3)28(36)22-15-20(31-27(22)23)16-35-11-9-33(2)10-12-35/h5-8,13-15,17,31-32H,4,9-12,16H2,1-3H3. The first-order valence-electron chi connectivity index (χ1n) is 12.9. The first-order chi connectivity index (χ1) is 19.0. The van der Waals surface area contributed by atoms with E-state index in [0.29, 0.717) is 28.6 Å². The molecule has 1 fully saturated rings. The van der Waals surface area contributed by atoms with Gasteiger partial charge in [0.05, 0.1) is 16.7 Å². The number of aryl methyl sites for hydroxylation is 1. The summed E-state index contributed by atoms with van der Waals surface area (Å²) in [5.41, 5.74) is 2.45. The molecule has 1 saturated heterocycles. The van der Waals surface area contributed by atoms with Crippen LogP contribution in [-0.4, -0.2) is 66.7 Å². The number of likely N-dealkylation sites (N-methyl/N-ethyl adjacent to an activating group) is 1. The molecular formula is C28H31F2N5O4S. The van der Waals surface area contributed by atoms with Gasteiger partial charge in [-0.15, -0.1) is 0 Å². The van der Waals surface area contributed by atoms with Crippen molar-refractivity contribution in [1.82, 2.24) is 19.4 Å². The van der Waals surface area contributed by atoms with Crippen LogP contribution in [0.25, 0.3) is 22.0 Å². The molecule has 12 heteroatoms. The summed E-state index contributed by atoms with van der Waals surface area (Å²) in [5.74, 6) is -1.76. The molecule has 1 aliphatic heterocycles. The number of nitrogens with zero attached hydrogens (tertiary/aromatic N) is 3. The first-order valence-corrected chi connectivity index (χ1v) is 14.6. The van der Waals surface area contributed by atoms with E-state index >= 15 is 0 Å². The summed E-state index contributed by atoms with van der Waals surface area (Å²) < 4.78 is 62.5. The van der Waals surface area contributed by atoms with E-state index in [1.165, 1.54) is 29.7 Å².